The molecule has 1 atom stereocenters. The summed E-state index contributed by atoms with van der Waals surface area (Å²) in [5.74, 6) is -0.421. The van der Waals surface area contributed by atoms with Crippen LogP contribution in [0.4, 0.5) is 5.69 Å². The standard InChI is InChI=1S/C14H10BrN3O2S/c15-9-2-4-10(5-3-9)18-12(19)8-11(13(18)20)21-14-16-6-1-7-17-14/h1-7,11H,8H2. The minimum atomic E-state index is -0.469. The predicted molar refractivity (Wildman–Crippen MR) is 82.9 cm³/mol. The van der Waals surface area contributed by atoms with Crippen molar-refractivity contribution < 1.29 is 9.59 Å². The Bertz CT molecular complexity index is 678. The maximum Gasteiger partial charge on any atom is 0.247 e. The van der Waals surface area contributed by atoms with E-state index in [9.17, 15) is 9.59 Å². The van der Waals surface area contributed by atoms with E-state index in [1.54, 1.807) is 42.7 Å². The van der Waals surface area contributed by atoms with Gasteiger partial charge in [-0.25, -0.2) is 14.9 Å². The Morgan fingerprint density at radius 2 is 1.81 bits per heavy atom. The Labute approximate surface area is 133 Å². The lowest BCUT2D eigenvalue weighted by molar-refractivity contribution is -0.121. The number of nitrogens with zero attached hydrogens (tertiary/aromatic N) is 3. The molecule has 21 heavy (non-hydrogen) atoms. The molecule has 2 amide bonds. The monoisotopic (exact) mass is 363 g/mol. The smallest absolute Gasteiger partial charge is 0.247 e. The Morgan fingerprint density at radius 3 is 2.48 bits per heavy atom. The third kappa shape index (κ3) is 2.98. The fourth-order valence-corrected chi connectivity index (χ4v) is 3.23. The summed E-state index contributed by atoms with van der Waals surface area (Å²) in [5.41, 5.74) is 0.588. The van der Waals surface area contributed by atoms with Crippen molar-refractivity contribution in [3.05, 3.63) is 47.2 Å². The molecular weight excluding hydrogens is 354 g/mol. The summed E-state index contributed by atoms with van der Waals surface area (Å²) in [5, 5.41) is 0.0323. The zero-order chi connectivity index (χ0) is 14.8. The third-order valence-corrected chi connectivity index (χ3v) is 4.58. The van der Waals surface area contributed by atoms with E-state index in [1.807, 2.05) is 0 Å². The van der Waals surface area contributed by atoms with Crippen LogP contribution < -0.4 is 4.90 Å². The van der Waals surface area contributed by atoms with E-state index in [1.165, 1.54) is 16.7 Å². The summed E-state index contributed by atoms with van der Waals surface area (Å²) < 4.78 is 0.897. The minimum absolute atomic E-state index is 0.165. The molecule has 7 heteroatoms. The number of hydrogen-bond donors (Lipinski definition) is 0. The third-order valence-electron chi connectivity index (χ3n) is 2.98. The highest BCUT2D eigenvalue weighted by atomic mass is 79.9. The molecule has 2 aromatic rings. The molecule has 1 aromatic heterocycles. The number of halogens is 1. The Hall–Kier alpha value is -1.73. The van der Waals surface area contributed by atoms with E-state index in [2.05, 4.69) is 25.9 Å². The predicted octanol–water partition coefficient (Wildman–Crippen LogP) is 2.66. The van der Waals surface area contributed by atoms with Gasteiger partial charge < -0.3 is 0 Å². The van der Waals surface area contributed by atoms with Crippen molar-refractivity contribution in [1.82, 2.24) is 9.97 Å². The van der Waals surface area contributed by atoms with Gasteiger partial charge in [-0.05, 0) is 30.3 Å². The van der Waals surface area contributed by atoms with Gasteiger partial charge >= 0.3 is 0 Å². The zero-order valence-electron chi connectivity index (χ0n) is 10.8. The van der Waals surface area contributed by atoms with E-state index in [4.69, 9.17) is 0 Å². The summed E-state index contributed by atoms with van der Waals surface area (Å²) in [6, 6.07) is 8.80. The highest BCUT2D eigenvalue weighted by Crippen LogP contribution is 2.32. The first-order valence-electron chi connectivity index (χ1n) is 6.21. The number of aromatic nitrogens is 2. The van der Waals surface area contributed by atoms with Gasteiger partial charge in [-0.2, -0.15) is 0 Å². The van der Waals surface area contributed by atoms with Crippen LogP contribution in [0.15, 0.2) is 52.4 Å². The molecule has 0 bridgehead atoms. The van der Waals surface area contributed by atoms with Gasteiger partial charge in [-0.3, -0.25) is 9.59 Å². The number of anilines is 1. The van der Waals surface area contributed by atoms with Crippen LogP contribution in [0.2, 0.25) is 0 Å². The number of hydrogen-bond acceptors (Lipinski definition) is 5. The molecule has 0 saturated carbocycles. The lowest BCUT2D eigenvalue weighted by Gasteiger charge is -2.14. The quantitative estimate of drug-likeness (QED) is 0.619. The van der Waals surface area contributed by atoms with Crippen molar-refractivity contribution in [2.75, 3.05) is 4.90 Å². The SMILES string of the molecule is O=C1CC(Sc2ncccn2)C(=O)N1c1ccc(Br)cc1. The molecule has 1 aliphatic heterocycles. The van der Waals surface area contributed by atoms with Crippen molar-refractivity contribution in [3.63, 3.8) is 0 Å². The first kappa shape index (κ1) is 14.2. The van der Waals surface area contributed by atoms with E-state index in [0.717, 1.165) is 4.47 Å². The second-order valence-electron chi connectivity index (χ2n) is 4.39. The molecule has 0 N–H and O–H groups in total. The molecule has 0 aliphatic carbocycles. The number of carbonyl (C=O) groups excluding carboxylic acids is 2. The molecule has 5 nitrogen and oxygen atoms in total. The normalized spacial score (nSPS) is 18.3. The fraction of sp³-hybridized carbons (Fsp3) is 0.143. The molecule has 1 fully saturated rings. The van der Waals surface area contributed by atoms with Crippen LogP contribution in [-0.4, -0.2) is 27.0 Å². The summed E-state index contributed by atoms with van der Waals surface area (Å²) in [7, 11) is 0. The average Bonchev–Trinajstić information content (AvgIpc) is 2.76. The van der Waals surface area contributed by atoms with E-state index in [0.29, 0.717) is 10.8 Å². The number of imide groups is 1. The van der Waals surface area contributed by atoms with Gasteiger partial charge in [0, 0.05) is 23.3 Å². The minimum Gasteiger partial charge on any atom is -0.274 e. The lowest BCUT2D eigenvalue weighted by Crippen LogP contribution is -2.31. The molecular formula is C14H10BrN3O2S. The van der Waals surface area contributed by atoms with Gasteiger partial charge in [0.25, 0.3) is 0 Å². The van der Waals surface area contributed by atoms with E-state index < -0.39 is 5.25 Å². The number of rotatable bonds is 3. The van der Waals surface area contributed by atoms with Crippen LogP contribution in [0.3, 0.4) is 0 Å². The molecule has 106 valence electrons. The molecule has 0 spiro atoms. The number of thioether (sulfide) groups is 1. The van der Waals surface area contributed by atoms with Gasteiger partial charge in [0.2, 0.25) is 11.8 Å². The van der Waals surface area contributed by atoms with Crippen LogP contribution in [-0.2, 0) is 9.59 Å². The summed E-state index contributed by atoms with van der Waals surface area (Å²) >= 11 is 4.55. The Kier molecular flexibility index (Phi) is 4.03. The Morgan fingerprint density at radius 1 is 1.14 bits per heavy atom. The summed E-state index contributed by atoms with van der Waals surface area (Å²) in [4.78, 5) is 33.9. The second kappa shape index (κ2) is 5.95. The molecule has 1 unspecified atom stereocenters. The van der Waals surface area contributed by atoms with Crippen LogP contribution in [0, 0.1) is 0 Å². The highest BCUT2D eigenvalue weighted by molar-refractivity contribution is 9.10. The fourth-order valence-electron chi connectivity index (χ4n) is 2.03. The number of carbonyl (C=O) groups is 2. The summed E-state index contributed by atoms with van der Waals surface area (Å²) in [6.07, 6.45) is 3.39. The largest absolute Gasteiger partial charge is 0.274 e. The molecule has 1 saturated heterocycles. The van der Waals surface area contributed by atoms with Gasteiger partial charge in [0.05, 0.1) is 5.69 Å². The maximum absolute atomic E-state index is 12.4. The molecule has 3 rings (SSSR count). The van der Waals surface area contributed by atoms with Crippen molar-refractivity contribution in [1.29, 1.82) is 0 Å². The first-order valence-corrected chi connectivity index (χ1v) is 7.88. The molecule has 1 aromatic carbocycles. The van der Waals surface area contributed by atoms with Crippen LogP contribution >= 0.6 is 27.7 Å². The number of amides is 2. The maximum atomic E-state index is 12.4. The van der Waals surface area contributed by atoms with Crippen LogP contribution in [0.5, 0.6) is 0 Å². The number of benzene rings is 1. The highest BCUT2D eigenvalue weighted by Gasteiger charge is 2.40. The van der Waals surface area contributed by atoms with Gasteiger partial charge in [0.15, 0.2) is 5.16 Å². The molecule has 2 heterocycles. The van der Waals surface area contributed by atoms with Crippen molar-refractivity contribution in [2.24, 2.45) is 0 Å². The summed E-state index contributed by atoms with van der Waals surface area (Å²) in [6.45, 7) is 0. The van der Waals surface area contributed by atoms with Crippen molar-refractivity contribution >= 4 is 45.2 Å². The Balaban J connectivity index is 1.80. The molecule has 1 aliphatic rings. The van der Waals surface area contributed by atoms with E-state index >= 15 is 0 Å². The van der Waals surface area contributed by atoms with E-state index in [-0.39, 0.29) is 18.2 Å². The molecule has 0 radical (unpaired) electrons. The zero-order valence-corrected chi connectivity index (χ0v) is 13.2. The first-order chi connectivity index (χ1) is 10.1. The van der Waals surface area contributed by atoms with Gasteiger partial charge in [0.1, 0.15) is 5.25 Å². The average molecular weight is 364 g/mol. The topological polar surface area (TPSA) is 63.2 Å². The van der Waals surface area contributed by atoms with Crippen LogP contribution in [0.25, 0.3) is 0 Å². The van der Waals surface area contributed by atoms with Crippen molar-refractivity contribution in [3.8, 4) is 0 Å². The van der Waals surface area contributed by atoms with Gasteiger partial charge in [-0.1, -0.05) is 27.7 Å². The van der Waals surface area contributed by atoms with Crippen molar-refractivity contribution in [2.45, 2.75) is 16.8 Å². The van der Waals surface area contributed by atoms with Gasteiger partial charge in [-0.15, -0.1) is 0 Å². The van der Waals surface area contributed by atoms with Crippen LogP contribution in [0.1, 0.15) is 6.42 Å². The second-order valence-corrected chi connectivity index (χ2v) is 6.47. The lowest BCUT2D eigenvalue weighted by atomic mass is 10.3.